The van der Waals surface area contributed by atoms with Gasteiger partial charge in [0.15, 0.2) is 0 Å². The first-order chi connectivity index (χ1) is 18.4. The molecule has 1 N–H and O–H groups in total. The molecule has 1 saturated heterocycles. The zero-order chi connectivity index (χ0) is 26.5. The fourth-order valence-electron chi connectivity index (χ4n) is 6.39. The highest BCUT2D eigenvalue weighted by Gasteiger charge is 2.41. The number of dihydropyridines is 1. The monoisotopic (exact) mass is 510 g/mol. The van der Waals surface area contributed by atoms with Crippen LogP contribution in [-0.4, -0.2) is 40.7 Å². The molecule has 1 fully saturated rings. The molecule has 1 amide bonds. The molecule has 2 aromatic carbocycles. The summed E-state index contributed by atoms with van der Waals surface area (Å²) < 4.78 is 0. The smallest absolute Gasteiger partial charge is 0.303 e. The highest BCUT2D eigenvalue weighted by atomic mass is 16.4. The molecule has 2 heterocycles. The Morgan fingerprint density at radius 1 is 1.05 bits per heavy atom. The van der Waals surface area contributed by atoms with Gasteiger partial charge in [-0.1, -0.05) is 79.7 Å². The number of allylic oxidation sites excluding steroid dienone is 3. The third-order valence-electron chi connectivity index (χ3n) is 8.37. The number of unbranched alkanes of at least 4 members (excludes halogenated alkanes) is 1. The number of carbonyl (C=O) groups is 2. The summed E-state index contributed by atoms with van der Waals surface area (Å²) in [5.41, 5.74) is 5.31. The molecule has 5 nitrogen and oxygen atoms in total. The van der Waals surface area contributed by atoms with E-state index >= 15 is 0 Å². The number of amides is 1. The van der Waals surface area contributed by atoms with Crippen LogP contribution in [0, 0.1) is 11.3 Å². The second kappa shape index (κ2) is 11.5. The van der Waals surface area contributed by atoms with Crippen molar-refractivity contribution in [1.82, 2.24) is 4.90 Å². The Hall–Kier alpha value is -3.47. The van der Waals surface area contributed by atoms with Crippen LogP contribution in [0.25, 0.3) is 0 Å². The van der Waals surface area contributed by atoms with Gasteiger partial charge in [0.1, 0.15) is 0 Å². The predicted molar refractivity (Wildman–Crippen MR) is 151 cm³/mol. The minimum Gasteiger partial charge on any atom is -0.481 e. The minimum absolute atomic E-state index is 0.0451. The molecule has 0 saturated carbocycles. The molecule has 38 heavy (non-hydrogen) atoms. The molecular formula is C33H38N2O3. The first kappa shape index (κ1) is 26.1. The van der Waals surface area contributed by atoms with Crippen LogP contribution >= 0.6 is 0 Å². The maximum absolute atomic E-state index is 13.8. The lowest BCUT2D eigenvalue weighted by molar-refractivity contribution is -0.138. The molecule has 0 bridgehead atoms. The summed E-state index contributed by atoms with van der Waals surface area (Å²) in [7, 11) is 0. The molecule has 5 rings (SSSR count). The lowest BCUT2D eigenvalue weighted by Gasteiger charge is -2.41. The molecule has 1 aliphatic carbocycles. The number of rotatable bonds is 8. The van der Waals surface area contributed by atoms with Crippen molar-refractivity contribution in [3.05, 3.63) is 95.2 Å². The second-order valence-electron chi connectivity index (χ2n) is 11.3. The molecule has 0 spiro atoms. The Morgan fingerprint density at radius 3 is 2.53 bits per heavy atom. The van der Waals surface area contributed by atoms with Gasteiger partial charge in [0.05, 0.1) is 5.71 Å². The van der Waals surface area contributed by atoms with Gasteiger partial charge in [-0.25, -0.2) is 0 Å². The van der Waals surface area contributed by atoms with Crippen molar-refractivity contribution in [2.75, 3.05) is 13.1 Å². The highest BCUT2D eigenvalue weighted by Crippen LogP contribution is 2.47. The number of likely N-dealkylation sites (tertiary alicyclic amines) is 1. The summed E-state index contributed by atoms with van der Waals surface area (Å²) in [6.45, 7) is 3.85. The molecule has 2 aromatic rings. The summed E-state index contributed by atoms with van der Waals surface area (Å²) in [6, 6.07) is 20.8. The van der Waals surface area contributed by atoms with E-state index in [0.29, 0.717) is 12.3 Å². The first-order valence-corrected chi connectivity index (χ1v) is 14.1. The van der Waals surface area contributed by atoms with Gasteiger partial charge >= 0.3 is 5.97 Å². The van der Waals surface area contributed by atoms with E-state index < -0.39 is 5.97 Å². The van der Waals surface area contributed by atoms with Gasteiger partial charge in [0, 0.05) is 48.0 Å². The third-order valence-corrected chi connectivity index (χ3v) is 8.37. The molecular weight excluding hydrogens is 472 g/mol. The quantitative estimate of drug-likeness (QED) is 0.399. The van der Waals surface area contributed by atoms with E-state index in [2.05, 4.69) is 60.4 Å². The second-order valence-corrected chi connectivity index (χ2v) is 11.3. The SMILES string of the molecule is CC12C=C(CCCCC(=O)O)C(c3ccccc3)=NC1=CCC(C(=O)N1CCC[C@H](c3ccccc3)C1)C2. The number of aliphatic carboxylic acids is 1. The topological polar surface area (TPSA) is 70.0 Å². The number of aliphatic imine (C=N–C) groups is 1. The van der Waals surface area contributed by atoms with Crippen LogP contribution in [0.1, 0.15) is 75.3 Å². The Morgan fingerprint density at radius 2 is 1.79 bits per heavy atom. The Labute approximate surface area is 226 Å². The number of fused-ring (bicyclic) bond motifs is 1. The van der Waals surface area contributed by atoms with E-state index in [1.54, 1.807) is 0 Å². The fourth-order valence-corrected chi connectivity index (χ4v) is 6.39. The van der Waals surface area contributed by atoms with Gasteiger partial charge in [0.25, 0.3) is 0 Å². The molecule has 3 atom stereocenters. The van der Waals surface area contributed by atoms with Gasteiger partial charge in [0.2, 0.25) is 5.91 Å². The number of hydrogen-bond donors (Lipinski definition) is 1. The molecule has 198 valence electrons. The van der Waals surface area contributed by atoms with E-state index in [-0.39, 0.29) is 23.7 Å². The maximum Gasteiger partial charge on any atom is 0.303 e. The number of carbonyl (C=O) groups excluding carboxylic acids is 1. The van der Waals surface area contributed by atoms with Crippen LogP contribution < -0.4 is 0 Å². The van der Waals surface area contributed by atoms with E-state index in [1.165, 1.54) is 5.56 Å². The predicted octanol–water partition coefficient (Wildman–Crippen LogP) is 6.77. The van der Waals surface area contributed by atoms with Gasteiger partial charge < -0.3 is 10.0 Å². The normalized spacial score (nSPS) is 25.1. The Balaban J connectivity index is 1.35. The average molecular weight is 511 g/mol. The van der Waals surface area contributed by atoms with Crippen molar-refractivity contribution >= 4 is 17.6 Å². The van der Waals surface area contributed by atoms with E-state index in [4.69, 9.17) is 10.1 Å². The molecule has 5 heteroatoms. The average Bonchev–Trinajstić information content (AvgIpc) is 2.95. The summed E-state index contributed by atoms with van der Waals surface area (Å²) in [5, 5.41) is 9.06. The van der Waals surface area contributed by atoms with Crippen molar-refractivity contribution in [2.45, 2.75) is 64.2 Å². The summed E-state index contributed by atoms with van der Waals surface area (Å²) in [4.78, 5) is 32.1. The van der Waals surface area contributed by atoms with Crippen LogP contribution in [0.3, 0.4) is 0 Å². The summed E-state index contributed by atoms with van der Waals surface area (Å²) in [6.07, 6.45) is 10.6. The van der Waals surface area contributed by atoms with Gasteiger partial charge in [-0.15, -0.1) is 0 Å². The Bertz CT molecular complexity index is 1250. The maximum atomic E-state index is 13.8. The van der Waals surface area contributed by atoms with Crippen LogP contribution in [-0.2, 0) is 9.59 Å². The number of piperidine rings is 1. The molecule has 0 aromatic heterocycles. The van der Waals surface area contributed by atoms with Gasteiger partial charge in [-0.05, 0) is 56.1 Å². The zero-order valence-corrected chi connectivity index (χ0v) is 22.3. The van der Waals surface area contributed by atoms with E-state index in [1.807, 2.05) is 24.3 Å². The number of benzene rings is 2. The number of hydrogen-bond acceptors (Lipinski definition) is 3. The van der Waals surface area contributed by atoms with Crippen molar-refractivity contribution in [3.63, 3.8) is 0 Å². The van der Waals surface area contributed by atoms with E-state index in [9.17, 15) is 9.59 Å². The first-order valence-electron chi connectivity index (χ1n) is 14.1. The van der Waals surface area contributed by atoms with Gasteiger partial charge in [-0.2, -0.15) is 0 Å². The molecule has 2 unspecified atom stereocenters. The number of carboxylic acid groups (broad SMARTS) is 1. The lowest BCUT2D eigenvalue weighted by Crippen LogP contribution is -2.44. The largest absolute Gasteiger partial charge is 0.481 e. The van der Waals surface area contributed by atoms with Gasteiger partial charge in [-0.3, -0.25) is 14.6 Å². The minimum atomic E-state index is -0.752. The third kappa shape index (κ3) is 5.82. The lowest BCUT2D eigenvalue weighted by atomic mass is 9.69. The molecule has 2 aliphatic heterocycles. The van der Waals surface area contributed by atoms with E-state index in [0.717, 1.165) is 74.2 Å². The summed E-state index contributed by atoms with van der Waals surface area (Å²) in [5.74, 6) is -0.116. The standard InChI is InChI=1S/C33H38N2O3/c1-33-21-26(15-8-9-17-30(36)37)31(25-13-6-3-7-14-25)34-29(33)19-18-27(22-33)32(38)35-20-10-16-28(23-35)24-11-4-2-5-12-24/h2-7,11-14,19,21,27-28H,8-10,15-18,20,22-23H2,1H3,(H,36,37)/t27?,28-,33?/m0/s1. The van der Waals surface area contributed by atoms with Crippen LogP contribution in [0.4, 0.5) is 0 Å². The Kier molecular flexibility index (Phi) is 7.92. The van der Waals surface area contributed by atoms with Crippen molar-refractivity contribution in [1.29, 1.82) is 0 Å². The fraction of sp³-hybridized carbons (Fsp3) is 0.424. The van der Waals surface area contributed by atoms with Crippen LogP contribution in [0.2, 0.25) is 0 Å². The summed E-state index contributed by atoms with van der Waals surface area (Å²) >= 11 is 0. The molecule has 3 aliphatic rings. The van der Waals surface area contributed by atoms with Crippen LogP contribution in [0.15, 0.2) is 89.1 Å². The number of nitrogens with zero attached hydrogens (tertiary/aromatic N) is 2. The van der Waals surface area contributed by atoms with Crippen molar-refractivity contribution in [2.24, 2.45) is 16.3 Å². The van der Waals surface area contributed by atoms with Crippen molar-refractivity contribution < 1.29 is 14.7 Å². The van der Waals surface area contributed by atoms with Crippen LogP contribution in [0.5, 0.6) is 0 Å². The van der Waals surface area contributed by atoms with Crippen molar-refractivity contribution in [3.8, 4) is 0 Å². The molecule has 0 radical (unpaired) electrons. The zero-order valence-electron chi connectivity index (χ0n) is 22.3. The highest BCUT2D eigenvalue weighted by molar-refractivity contribution is 6.14. The number of carboxylic acids is 1.